The number of nitrogens with one attached hydrogen (secondary N) is 1. The highest BCUT2D eigenvalue weighted by Gasteiger charge is 2.30. The first-order valence-corrected chi connectivity index (χ1v) is 7.64. The van der Waals surface area contributed by atoms with Gasteiger partial charge in [-0.3, -0.25) is 0 Å². The topological polar surface area (TPSA) is 24.5 Å². The van der Waals surface area contributed by atoms with Crippen LogP contribution in [0, 0.1) is 5.41 Å². The van der Waals surface area contributed by atoms with E-state index in [0.29, 0.717) is 11.5 Å². The van der Waals surface area contributed by atoms with Gasteiger partial charge >= 0.3 is 0 Å². The molecule has 0 radical (unpaired) electrons. The van der Waals surface area contributed by atoms with E-state index in [-0.39, 0.29) is 0 Å². The molecule has 1 saturated heterocycles. The fraction of sp³-hybridized carbons (Fsp3) is 0.647. The Morgan fingerprint density at radius 3 is 2.70 bits per heavy atom. The zero-order chi connectivity index (χ0) is 14.6. The van der Waals surface area contributed by atoms with E-state index >= 15 is 0 Å². The molecule has 3 nitrogen and oxygen atoms in total. The molecule has 0 saturated carbocycles. The number of ether oxygens (including phenoxy) is 1. The summed E-state index contributed by atoms with van der Waals surface area (Å²) in [5.74, 6) is 0.983. The van der Waals surface area contributed by atoms with Crippen LogP contribution in [-0.4, -0.2) is 38.2 Å². The van der Waals surface area contributed by atoms with Gasteiger partial charge in [0, 0.05) is 24.7 Å². The quantitative estimate of drug-likeness (QED) is 0.864. The van der Waals surface area contributed by atoms with E-state index in [1.807, 2.05) is 12.1 Å². The Hall–Kier alpha value is -1.06. The largest absolute Gasteiger partial charge is 0.496 e. The molecule has 1 atom stereocenters. The maximum atomic E-state index is 5.52. The Balaban J connectivity index is 2.11. The highest BCUT2D eigenvalue weighted by Crippen LogP contribution is 2.31. The lowest BCUT2D eigenvalue weighted by molar-refractivity contribution is 0.259. The first-order chi connectivity index (χ1) is 9.55. The maximum absolute atomic E-state index is 5.52. The van der Waals surface area contributed by atoms with Crippen LogP contribution < -0.4 is 10.1 Å². The second kappa shape index (κ2) is 6.59. The summed E-state index contributed by atoms with van der Waals surface area (Å²) in [4.78, 5) is 2.57. The van der Waals surface area contributed by atoms with E-state index < -0.39 is 0 Å². The molecule has 1 fully saturated rings. The third-order valence-corrected chi connectivity index (χ3v) is 4.16. The smallest absolute Gasteiger partial charge is 0.123 e. The van der Waals surface area contributed by atoms with Crippen molar-refractivity contribution in [3.63, 3.8) is 0 Å². The molecule has 1 aromatic carbocycles. The average molecular weight is 276 g/mol. The Kier molecular flexibility index (Phi) is 5.06. The minimum Gasteiger partial charge on any atom is -0.496 e. The van der Waals surface area contributed by atoms with E-state index in [2.05, 4.69) is 43.1 Å². The van der Waals surface area contributed by atoms with Crippen molar-refractivity contribution in [2.75, 3.05) is 33.3 Å². The van der Waals surface area contributed by atoms with Gasteiger partial charge in [0.25, 0.3) is 0 Å². The Morgan fingerprint density at radius 2 is 2.10 bits per heavy atom. The van der Waals surface area contributed by atoms with Crippen LogP contribution in [0.3, 0.4) is 0 Å². The van der Waals surface area contributed by atoms with Gasteiger partial charge in [-0.15, -0.1) is 0 Å². The summed E-state index contributed by atoms with van der Waals surface area (Å²) in [6, 6.07) is 8.69. The number of likely N-dealkylation sites (tertiary alicyclic amines) is 1. The van der Waals surface area contributed by atoms with Crippen molar-refractivity contribution in [1.82, 2.24) is 10.2 Å². The summed E-state index contributed by atoms with van der Waals surface area (Å²) in [6.07, 6.45) is 1.29. The number of hydrogen-bond donors (Lipinski definition) is 1. The van der Waals surface area contributed by atoms with E-state index in [4.69, 9.17) is 4.74 Å². The fourth-order valence-electron chi connectivity index (χ4n) is 3.11. The van der Waals surface area contributed by atoms with Crippen LogP contribution in [0.5, 0.6) is 5.75 Å². The van der Waals surface area contributed by atoms with Gasteiger partial charge in [-0.1, -0.05) is 39.0 Å². The van der Waals surface area contributed by atoms with Gasteiger partial charge in [-0.2, -0.15) is 0 Å². The van der Waals surface area contributed by atoms with Gasteiger partial charge < -0.3 is 15.0 Å². The van der Waals surface area contributed by atoms with E-state index in [9.17, 15) is 0 Å². The van der Waals surface area contributed by atoms with Crippen molar-refractivity contribution < 1.29 is 4.74 Å². The van der Waals surface area contributed by atoms with Crippen molar-refractivity contribution in [3.05, 3.63) is 29.8 Å². The molecule has 1 aliphatic rings. The lowest BCUT2D eigenvalue weighted by Gasteiger charge is -2.27. The van der Waals surface area contributed by atoms with Crippen LogP contribution in [0.1, 0.15) is 38.8 Å². The number of likely N-dealkylation sites (N-methyl/N-ethyl adjacent to an activating group) is 1. The molecule has 1 heterocycles. The van der Waals surface area contributed by atoms with E-state index in [1.165, 1.54) is 25.1 Å². The number of benzene rings is 1. The van der Waals surface area contributed by atoms with Gasteiger partial charge in [-0.05, 0) is 31.0 Å². The van der Waals surface area contributed by atoms with Crippen LogP contribution in [0.25, 0.3) is 0 Å². The lowest BCUT2D eigenvalue weighted by atomic mass is 9.93. The summed E-state index contributed by atoms with van der Waals surface area (Å²) in [6.45, 7) is 11.3. The van der Waals surface area contributed by atoms with Gasteiger partial charge in [0.15, 0.2) is 0 Å². The third-order valence-electron chi connectivity index (χ3n) is 4.16. The number of rotatable bonds is 6. The summed E-state index contributed by atoms with van der Waals surface area (Å²) in [5.41, 5.74) is 1.72. The molecule has 0 bridgehead atoms. The highest BCUT2D eigenvalue weighted by molar-refractivity contribution is 5.36. The van der Waals surface area contributed by atoms with Crippen LogP contribution in [-0.2, 0) is 0 Å². The predicted octanol–water partition coefficient (Wildman–Crippen LogP) is 3.08. The molecule has 1 aliphatic heterocycles. The molecule has 3 heteroatoms. The van der Waals surface area contributed by atoms with Crippen LogP contribution in [0.4, 0.5) is 0 Å². The van der Waals surface area contributed by atoms with E-state index in [1.54, 1.807) is 7.11 Å². The minimum absolute atomic E-state index is 0.338. The third kappa shape index (κ3) is 3.74. The van der Waals surface area contributed by atoms with Crippen molar-refractivity contribution in [2.45, 2.75) is 33.2 Å². The zero-order valence-corrected chi connectivity index (χ0v) is 13.3. The number of hydrogen-bond acceptors (Lipinski definition) is 3. The van der Waals surface area contributed by atoms with Gasteiger partial charge in [0.2, 0.25) is 0 Å². The molecule has 0 spiro atoms. The Bertz CT molecular complexity index is 431. The predicted molar refractivity (Wildman–Crippen MR) is 84.2 cm³/mol. The number of para-hydroxylation sites is 1. The molecule has 1 N–H and O–H groups in total. The van der Waals surface area contributed by atoms with Crippen molar-refractivity contribution in [3.8, 4) is 5.75 Å². The maximum Gasteiger partial charge on any atom is 0.123 e. The normalized spacial score (nSPS) is 20.0. The summed E-state index contributed by atoms with van der Waals surface area (Å²) in [7, 11) is 1.75. The Morgan fingerprint density at radius 1 is 1.35 bits per heavy atom. The van der Waals surface area contributed by atoms with Crippen molar-refractivity contribution in [2.24, 2.45) is 5.41 Å². The average Bonchev–Trinajstić information content (AvgIpc) is 2.77. The summed E-state index contributed by atoms with van der Waals surface area (Å²) >= 11 is 0. The molecule has 1 aromatic rings. The van der Waals surface area contributed by atoms with Gasteiger partial charge in [-0.25, -0.2) is 0 Å². The number of nitrogens with zero attached hydrogens (tertiary/aromatic N) is 1. The number of methoxy groups -OCH3 is 1. The Labute approximate surface area is 123 Å². The van der Waals surface area contributed by atoms with Crippen LogP contribution >= 0.6 is 0 Å². The summed E-state index contributed by atoms with van der Waals surface area (Å²) < 4.78 is 5.52. The van der Waals surface area contributed by atoms with Gasteiger partial charge in [0.1, 0.15) is 5.75 Å². The molecule has 20 heavy (non-hydrogen) atoms. The second-order valence-corrected chi connectivity index (χ2v) is 6.50. The first kappa shape index (κ1) is 15.3. The molecular formula is C17H28N2O. The monoisotopic (exact) mass is 276 g/mol. The van der Waals surface area contributed by atoms with E-state index in [0.717, 1.165) is 18.8 Å². The first-order valence-electron chi connectivity index (χ1n) is 7.64. The van der Waals surface area contributed by atoms with Crippen molar-refractivity contribution >= 4 is 0 Å². The fourth-order valence-corrected chi connectivity index (χ4v) is 3.11. The summed E-state index contributed by atoms with van der Waals surface area (Å²) in [5, 5.41) is 3.61. The standard InChI is InChI=1S/C17H28N2O/c1-5-18-15(12-19-11-10-17(2,3)13-19)14-8-6-7-9-16(14)20-4/h6-9,15,18H,5,10-13H2,1-4H3. The minimum atomic E-state index is 0.338. The molecule has 0 aliphatic carbocycles. The molecule has 2 rings (SSSR count). The molecule has 0 aromatic heterocycles. The second-order valence-electron chi connectivity index (χ2n) is 6.50. The molecule has 1 unspecified atom stereocenters. The SMILES string of the molecule is CCNC(CN1CCC(C)(C)C1)c1ccccc1OC. The molecular weight excluding hydrogens is 248 g/mol. The van der Waals surface area contributed by atoms with Gasteiger partial charge in [0.05, 0.1) is 7.11 Å². The van der Waals surface area contributed by atoms with Crippen LogP contribution in [0.15, 0.2) is 24.3 Å². The molecule has 0 amide bonds. The zero-order valence-electron chi connectivity index (χ0n) is 13.3. The highest BCUT2D eigenvalue weighted by atomic mass is 16.5. The lowest BCUT2D eigenvalue weighted by Crippen LogP contribution is -2.35. The molecule has 112 valence electrons. The van der Waals surface area contributed by atoms with Crippen molar-refractivity contribution in [1.29, 1.82) is 0 Å². The van der Waals surface area contributed by atoms with Crippen LogP contribution in [0.2, 0.25) is 0 Å².